The van der Waals surface area contributed by atoms with Crippen molar-refractivity contribution < 1.29 is 0 Å². The first-order valence-electron chi connectivity index (χ1n) is 3.85. The molecule has 1 aliphatic rings. The Hall–Kier alpha value is -1.24. The molecule has 0 radical (unpaired) electrons. The molecule has 0 unspecified atom stereocenters. The average molecular weight is 145 g/mol. The molecule has 0 fully saturated rings. The third kappa shape index (κ3) is 1.14. The maximum atomic E-state index is 3.90. The first-order valence-corrected chi connectivity index (χ1v) is 3.85. The summed E-state index contributed by atoms with van der Waals surface area (Å²) < 4.78 is 0. The maximum absolute atomic E-state index is 3.90. The van der Waals surface area contributed by atoms with Crippen molar-refractivity contribution in [2.45, 2.75) is 13.0 Å². The molecule has 2 rings (SSSR count). The van der Waals surface area contributed by atoms with Crippen molar-refractivity contribution in [1.82, 2.24) is 5.32 Å². The predicted octanol–water partition coefficient (Wildman–Crippen LogP) is 1.85. The lowest BCUT2D eigenvalue weighted by atomic mass is 10.00. The van der Waals surface area contributed by atoms with E-state index in [1.54, 1.807) is 0 Å². The summed E-state index contributed by atoms with van der Waals surface area (Å²) in [6.07, 6.45) is 0.982. The topological polar surface area (TPSA) is 12.0 Å². The Morgan fingerprint density at radius 3 is 2.73 bits per heavy atom. The van der Waals surface area contributed by atoms with Gasteiger partial charge in [0, 0.05) is 18.7 Å². The molecular weight excluding hydrogens is 134 g/mol. The van der Waals surface area contributed by atoms with Gasteiger partial charge in [-0.1, -0.05) is 30.8 Å². The molecule has 0 amide bonds. The molecule has 0 spiro atoms. The highest BCUT2D eigenvalue weighted by molar-refractivity contribution is 5.33. The highest BCUT2D eigenvalue weighted by Crippen LogP contribution is 2.16. The molecular formula is C10H11N. The molecule has 11 heavy (non-hydrogen) atoms. The molecule has 0 atom stereocenters. The molecule has 0 aromatic heterocycles. The molecule has 1 heterocycles. The zero-order valence-electron chi connectivity index (χ0n) is 6.43. The molecule has 1 aromatic carbocycles. The number of rotatable bonds is 0. The van der Waals surface area contributed by atoms with Crippen molar-refractivity contribution in [3.05, 3.63) is 47.7 Å². The van der Waals surface area contributed by atoms with Crippen LogP contribution in [-0.2, 0) is 13.0 Å². The third-order valence-corrected chi connectivity index (χ3v) is 2.05. The maximum Gasteiger partial charge on any atom is 0.0400 e. The van der Waals surface area contributed by atoms with E-state index in [4.69, 9.17) is 0 Å². The van der Waals surface area contributed by atoms with Crippen LogP contribution in [0.4, 0.5) is 0 Å². The number of benzene rings is 1. The summed E-state index contributed by atoms with van der Waals surface area (Å²) in [6, 6.07) is 8.49. The summed E-state index contributed by atoms with van der Waals surface area (Å²) in [5.41, 5.74) is 3.94. The van der Waals surface area contributed by atoms with Gasteiger partial charge in [0.15, 0.2) is 0 Å². The van der Waals surface area contributed by atoms with E-state index in [2.05, 4.69) is 36.2 Å². The van der Waals surface area contributed by atoms with Gasteiger partial charge in [-0.25, -0.2) is 0 Å². The molecule has 0 saturated carbocycles. The van der Waals surface area contributed by atoms with Gasteiger partial charge in [0.2, 0.25) is 0 Å². The van der Waals surface area contributed by atoms with Crippen molar-refractivity contribution in [3.8, 4) is 0 Å². The third-order valence-electron chi connectivity index (χ3n) is 2.05. The highest BCUT2D eigenvalue weighted by Gasteiger charge is 2.08. The Kier molecular flexibility index (Phi) is 1.42. The lowest BCUT2D eigenvalue weighted by Gasteiger charge is -2.19. The number of hydrogen-bond donors (Lipinski definition) is 1. The van der Waals surface area contributed by atoms with Crippen LogP contribution < -0.4 is 5.32 Å². The molecule has 0 aliphatic carbocycles. The molecule has 0 saturated heterocycles. The Bertz CT molecular complexity index is 289. The fourth-order valence-corrected chi connectivity index (χ4v) is 1.42. The van der Waals surface area contributed by atoms with E-state index in [1.807, 2.05) is 0 Å². The summed E-state index contributed by atoms with van der Waals surface area (Å²) in [6.45, 7) is 4.84. The van der Waals surface area contributed by atoms with E-state index in [0.29, 0.717) is 0 Å². The number of fused-ring (bicyclic) bond motifs is 1. The van der Waals surface area contributed by atoms with Gasteiger partial charge in [-0.15, -0.1) is 0 Å². The van der Waals surface area contributed by atoms with Crippen LogP contribution in [-0.4, -0.2) is 0 Å². The quantitative estimate of drug-likeness (QED) is 0.587. The van der Waals surface area contributed by atoms with E-state index in [1.165, 1.54) is 11.1 Å². The normalized spacial score (nSPS) is 15.5. The predicted molar refractivity (Wildman–Crippen MR) is 46.1 cm³/mol. The van der Waals surface area contributed by atoms with Crippen molar-refractivity contribution in [1.29, 1.82) is 0 Å². The van der Waals surface area contributed by atoms with Gasteiger partial charge in [-0.2, -0.15) is 0 Å². The second kappa shape index (κ2) is 2.42. The van der Waals surface area contributed by atoms with Crippen molar-refractivity contribution in [3.63, 3.8) is 0 Å². The van der Waals surface area contributed by atoms with Crippen LogP contribution in [0.5, 0.6) is 0 Å². The zero-order valence-corrected chi connectivity index (χ0v) is 6.43. The van der Waals surface area contributed by atoms with E-state index < -0.39 is 0 Å². The van der Waals surface area contributed by atoms with Gasteiger partial charge in [-0.3, -0.25) is 0 Å². The smallest absolute Gasteiger partial charge is 0.0400 e. The van der Waals surface area contributed by atoms with E-state index in [0.717, 1.165) is 18.7 Å². The summed E-state index contributed by atoms with van der Waals surface area (Å²) >= 11 is 0. The van der Waals surface area contributed by atoms with Crippen molar-refractivity contribution in [2.75, 3.05) is 0 Å². The summed E-state index contributed by atoms with van der Waals surface area (Å²) in [7, 11) is 0. The summed E-state index contributed by atoms with van der Waals surface area (Å²) in [5.74, 6) is 0. The molecule has 56 valence electrons. The molecule has 1 aliphatic heterocycles. The summed E-state index contributed by atoms with van der Waals surface area (Å²) in [4.78, 5) is 0. The standard InChI is InChI=1S/C10H11N/c1-8-6-9-4-2-3-5-10(9)7-11-8/h2-5,11H,1,6-7H2. The number of hydrogen-bond acceptors (Lipinski definition) is 1. The van der Waals surface area contributed by atoms with Gasteiger partial charge in [0.05, 0.1) is 0 Å². The van der Waals surface area contributed by atoms with Crippen LogP contribution in [0.2, 0.25) is 0 Å². The Labute approximate surface area is 66.7 Å². The van der Waals surface area contributed by atoms with Crippen LogP contribution >= 0.6 is 0 Å². The van der Waals surface area contributed by atoms with E-state index in [-0.39, 0.29) is 0 Å². The van der Waals surface area contributed by atoms with Gasteiger partial charge >= 0.3 is 0 Å². The van der Waals surface area contributed by atoms with Crippen molar-refractivity contribution in [2.24, 2.45) is 0 Å². The average Bonchev–Trinajstić information content (AvgIpc) is 2.04. The van der Waals surface area contributed by atoms with Crippen molar-refractivity contribution >= 4 is 0 Å². The van der Waals surface area contributed by atoms with Crippen LogP contribution in [0, 0.1) is 0 Å². The lowest BCUT2D eigenvalue weighted by Crippen LogP contribution is -2.20. The Morgan fingerprint density at radius 2 is 1.91 bits per heavy atom. The lowest BCUT2D eigenvalue weighted by molar-refractivity contribution is 0.738. The largest absolute Gasteiger partial charge is 0.384 e. The molecule has 1 aromatic rings. The van der Waals surface area contributed by atoms with Gasteiger partial charge in [0.1, 0.15) is 0 Å². The Balaban J connectivity index is 2.41. The van der Waals surface area contributed by atoms with Crippen LogP contribution in [0.15, 0.2) is 36.5 Å². The zero-order chi connectivity index (χ0) is 7.68. The number of allylic oxidation sites excluding steroid dienone is 1. The monoisotopic (exact) mass is 145 g/mol. The fraction of sp³-hybridized carbons (Fsp3) is 0.200. The first kappa shape index (κ1) is 6.47. The molecule has 1 heteroatoms. The van der Waals surface area contributed by atoms with E-state index in [9.17, 15) is 0 Å². The SMILES string of the molecule is C=C1Cc2ccccc2CN1. The van der Waals surface area contributed by atoms with Gasteiger partial charge in [0.25, 0.3) is 0 Å². The molecule has 1 N–H and O–H groups in total. The molecule has 1 nitrogen and oxygen atoms in total. The van der Waals surface area contributed by atoms with Gasteiger partial charge in [-0.05, 0) is 11.1 Å². The molecule has 0 bridgehead atoms. The fourth-order valence-electron chi connectivity index (χ4n) is 1.42. The van der Waals surface area contributed by atoms with Crippen LogP contribution in [0.3, 0.4) is 0 Å². The second-order valence-electron chi connectivity index (χ2n) is 2.90. The van der Waals surface area contributed by atoms with Crippen LogP contribution in [0.25, 0.3) is 0 Å². The van der Waals surface area contributed by atoms with E-state index >= 15 is 0 Å². The number of nitrogens with one attached hydrogen (secondary N) is 1. The minimum Gasteiger partial charge on any atom is -0.384 e. The highest BCUT2D eigenvalue weighted by atomic mass is 14.9. The summed E-state index contributed by atoms with van der Waals surface area (Å²) in [5, 5.41) is 3.24. The first-order chi connectivity index (χ1) is 5.36. The minimum atomic E-state index is 0.939. The second-order valence-corrected chi connectivity index (χ2v) is 2.90. The minimum absolute atomic E-state index is 0.939. The van der Waals surface area contributed by atoms with Gasteiger partial charge < -0.3 is 5.32 Å². The van der Waals surface area contributed by atoms with Crippen LogP contribution in [0.1, 0.15) is 11.1 Å². The Morgan fingerprint density at radius 1 is 1.18 bits per heavy atom.